The molecule has 1 aromatic heterocycles. The Hall–Kier alpha value is -3.39. The Labute approximate surface area is 212 Å². The van der Waals surface area contributed by atoms with E-state index < -0.39 is 5.97 Å². The van der Waals surface area contributed by atoms with E-state index >= 15 is 0 Å². The van der Waals surface area contributed by atoms with E-state index in [0.717, 1.165) is 25.2 Å². The molecule has 1 N–H and O–H groups in total. The quantitative estimate of drug-likeness (QED) is 0.534. The Morgan fingerprint density at radius 2 is 1.83 bits per heavy atom. The molecule has 4 rings (SSSR count). The molecule has 192 valence electrons. The average molecular weight is 494 g/mol. The number of esters is 1. The molecule has 1 aromatic carbocycles. The van der Waals surface area contributed by atoms with Crippen LogP contribution in [0.25, 0.3) is 0 Å². The van der Waals surface area contributed by atoms with Crippen LogP contribution in [-0.4, -0.2) is 60.4 Å². The number of piperidine rings is 1. The lowest BCUT2D eigenvalue weighted by atomic mass is 9.83. The summed E-state index contributed by atoms with van der Waals surface area (Å²) in [4.78, 5) is 42.5. The number of likely N-dealkylation sites (tertiary alicyclic amines) is 1. The molecule has 2 aliphatic rings. The highest BCUT2D eigenvalue weighted by molar-refractivity contribution is 5.96. The lowest BCUT2D eigenvalue weighted by Crippen LogP contribution is -2.38. The van der Waals surface area contributed by atoms with Gasteiger partial charge >= 0.3 is 5.97 Å². The van der Waals surface area contributed by atoms with Crippen LogP contribution in [0, 0.1) is 0 Å². The van der Waals surface area contributed by atoms with E-state index in [2.05, 4.69) is 10.2 Å². The highest BCUT2D eigenvalue weighted by atomic mass is 16.5. The predicted octanol–water partition coefficient (Wildman–Crippen LogP) is 3.85. The molecule has 1 saturated heterocycles. The Balaban J connectivity index is 1.45. The summed E-state index contributed by atoms with van der Waals surface area (Å²) in [5.41, 5.74) is 1.92. The van der Waals surface area contributed by atoms with Gasteiger partial charge in [0.1, 0.15) is 5.76 Å². The lowest BCUT2D eigenvalue weighted by Gasteiger charge is -2.34. The van der Waals surface area contributed by atoms with Crippen LogP contribution in [0.3, 0.4) is 0 Å². The van der Waals surface area contributed by atoms with Crippen molar-refractivity contribution in [3.05, 3.63) is 70.8 Å². The maximum atomic E-state index is 13.2. The van der Waals surface area contributed by atoms with Crippen LogP contribution >= 0.6 is 0 Å². The summed E-state index contributed by atoms with van der Waals surface area (Å²) in [6.07, 6.45) is 3.85. The molecule has 0 saturated carbocycles. The standard InChI is InChI=1S/C28H35N3O5/c1-3-35-28(34)26-20(2)31(25(32)18-23(26)21-10-6-4-7-11-21)19-22-12-13-24(36-22)27(33)29-14-17-30-15-8-5-9-16-30/h4,6-7,10-13,23H,3,5,8-9,14-19H2,1-2H3,(H,29,33). The largest absolute Gasteiger partial charge is 0.463 e. The average Bonchev–Trinajstić information content (AvgIpc) is 3.36. The van der Waals surface area contributed by atoms with Gasteiger partial charge in [-0.25, -0.2) is 4.79 Å². The second-order valence-electron chi connectivity index (χ2n) is 9.29. The number of benzene rings is 1. The molecule has 2 aliphatic heterocycles. The number of furan rings is 1. The first-order valence-corrected chi connectivity index (χ1v) is 12.8. The highest BCUT2D eigenvalue weighted by Gasteiger charge is 2.37. The van der Waals surface area contributed by atoms with E-state index in [1.54, 1.807) is 30.9 Å². The SMILES string of the molecule is CCOC(=O)C1=C(C)N(Cc2ccc(C(=O)NCCN3CCCCC3)o2)C(=O)CC1c1ccccc1. The number of hydrogen-bond acceptors (Lipinski definition) is 6. The zero-order valence-corrected chi connectivity index (χ0v) is 21.1. The Morgan fingerprint density at radius 3 is 2.56 bits per heavy atom. The van der Waals surface area contributed by atoms with E-state index in [0.29, 0.717) is 23.6 Å². The zero-order valence-electron chi connectivity index (χ0n) is 21.1. The van der Waals surface area contributed by atoms with E-state index in [9.17, 15) is 14.4 Å². The van der Waals surface area contributed by atoms with Gasteiger partial charge in [0.15, 0.2) is 5.76 Å². The van der Waals surface area contributed by atoms with Gasteiger partial charge in [-0.05, 0) is 57.5 Å². The van der Waals surface area contributed by atoms with Crippen LogP contribution in [0.2, 0.25) is 0 Å². The Kier molecular flexibility index (Phi) is 8.59. The molecule has 8 nitrogen and oxygen atoms in total. The van der Waals surface area contributed by atoms with Gasteiger partial charge in [0.05, 0.1) is 18.7 Å². The number of rotatable bonds is 9. The summed E-state index contributed by atoms with van der Waals surface area (Å²) >= 11 is 0. The smallest absolute Gasteiger partial charge is 0.336 e. The number of allylic oxidation sites excluding steroid dienone is 1. The molecule has 2 aromatic rings. The number of nitrogens with zero attached hydrogens (tertiary/aromatic N) is 2. The molecule has 0 spiro atoms. The third-order valence-corrected chi connectivity index (χ3v) is 6.88. The summed E-state index contributed by atoms with van der Waals surface area (Å²) in [6.45, 7) is 7.45. The predicted molar refractivity (Wildman–Crippen MR) is 135 cm³/mol. The minimum atomic E-state index is -0.422. The van der Waals surface area contributed by atoms with Gasteiger partial charge in [-0.3, -0.25) is 9.59 Å². The summed E-state index contributed by atoms with van der Waals surface area (Å²) in [5, 5.41) is 2.92. The van der Waals surface area contributed by atoms with Crippen molar-refractivity contribution in [3.63, 3.8) is 0 Å². The fraction of sp³-hybridized carbons (Fsp3) is 0.464. The van der Waals surface area contributed by atoms with Gasteiger partial charge in [0, 0.05) is 31.1 Å². The van der Waals surface area contributed by atoms with Crippen molar-refractivity contribution in [1.29, 1.82) is 0 Å². The molecule has 0 radical (unpaired) electrons. The van der Waals surface area contributed by atoms with Crippen LogP contribution in [0.5, 0.6) is 0 Å². The number of carbonyl (C=O) groups is 3. The van der Waals surface area contributed by atoms with Crippen LogP contribution < -0.4 is 5.32 Å². The normalized spacial score (nSPS) is 18.9. The van der Waals surface area contributed by atoms with Gasteiger partial charge in [-0.15, -0.1) is 0 Å². The minimum absolute atomic E-state index is 0.113. The van der Waals surface area contributed by atoms with Crippen molar-refractivity contribution in [1.82, 2.24) is 15.1 Å². The van der Waals surface area contributed by atoms with E-state index in [1.165, 1.54) is 19.3 Å². The highest BCUT2D eigenvalue weighted by Crippen LogP contribution is 2.37. The van der Waals surface area contributed by atoms with Crippen molar-refractivity contribution >= 4 is 17.8 Å². The molecule has 1 atom stereocenters. The minimum Gasteiger partial charge on any atom is -0.463 e. The molecule has 0 bridgehead atoms. The Morgan fingerprint density at radius 1 is 1.08 bits per heavy atom. The van der Waals surface area contributed by atoms with Gasteiger partial charge in [0.25, 0.3) is 5.91 Å². The van der Waals surface area contributed by atoms with E-state index in [-0.39, 0.29) is 43.1 Å². The number of amides is 2. The van der Waals surface area contributed by atoms with Gasteiger partial charge in [-0.1, -0.05) is 36.8 Å². The van der Waals surface area contributed by atoms with E-state index in [1.807, 2.05) is 30.3 Å². The van der Waals surface area contributed by atoms with Crippen LogP contribution in [0.1, 0.15) is 67.3 Å². The number of hydrogen-bond donors (Lipinski definition) is 1. The van der Waals surface area contributed by atoms with Crippen molar-refractivity contribution in [2.24, 2.45) is 0 Å². The fourth-order valence-corrected chi connectivity index (χ4v) is 4.99. The zero-order chi connectivity index (χ0) is 25.5. The van der Waals surface area contributed by atoms with Crippen molar-refractivity contribution in [2.45, 2.75) is 52.0 Å². The molecule has 3 heterocycles. The second-order valence-corrected chi connectivity index (χ2v) is 9.29. The fourth-order valence-electron chi connectivity index (χ4n) is 4.99. The lowest BCUT2D eigenvalue weighted by molar-refractivity contribution is -0.140. The first kappa shape index (κ1) is 25.7. The summed E-state index contributed by atoms with van der Waals surface area (Å²) in [5.74, 6) is -0.487. The topological polar surface area (TPSA) is 92.1 Å². The molecule has 36 heavy (non-hydrogen) atoms. The molecule has 0 aliphatic carbocycles. The number of nitrogens with one attached hydrogen (secondary N) is 1. The molecular weight excluding hydrogens is 458 g/mol. The van der Waals surface area contributed by atoms with Crippen molar-refractivity contribution in [2.75, 3.05) is 32.8 Å². The number of carbonyl (C=O) groups excluding carboxylic acids is 3. The van der Waals surface area contributed by atoms with Gasteiger partial charge < -0.3 is 24.3 Å². The second kappa shape index (κ2) is 12.0. The summed E-state index contributed by atoms with van der Waals surface area (Å²) in [6, 6.07) is 12.9. The third-order valence-electron chi connectivity index (χ3n) is 6.88. The molecular formula is C28H35N3O5. The van der Waals surface area contributed by atoms with Crippen LogP contribution in [-0.2, 0) is 20.9 Å². The summed E-state index contributed by atoms with van der Waals surface area (Å²) < 4.78 is 11.1. The Bertz CT molecular complexity index is 1100. The first-order valence-electron chi connectivity index (χ1n) is 12.8. The maximum Gasteiger partial charge on any atom is 0.336 e. The molecule has 1 fully saturated rings. The van der Waals surface area contributed by atoms with Gasteiger partial charge in [0.2, 0.25) is 5.91 Å². The summed E-state index contributed by atoms with van der Waals surface area (Å²) in [7, 11) is 0. The maximum absolute atomic E-state index is 13.2. The molecule has 2 amide bonds. The first-order chi connectivity index (χ1) is 17.5. The van der Waals surface area contributed by atoms with Crippen molar-refractivity contribution < 1.29 is 23.5 Å². The molecule has 1 unspecified atom stereocenters. The van der Waals surface area contributed by atoms with Crippen LogP contribution in [0.15, 0.2) is 58.2 Å². The number of ether oxygens (including phenoxy) is 1. The monoisotopic (exact) mass is 493 g/mol. The van der Waals surface area contributed by atoms with Crippen molar-refractivity contribution in [3.8, 4) is 0 Å². The molecule has 8 heteroatoms. The van der Waals surface area contributed by atoms with Gasteiger partial charge in [-0.2, -0.15) is 0 Å². The van der Waals surface area contributed by atoms with Crippen LogP contribution in [0.4, 0.5) is 0 Å². The third kappa shape index (κ3) is 6.05. The van der Waals surface area contributed by atoms with E-state index in [4.69, 9.17) is 9.15 Å².